The molecule has 0 spiro atoms. The van der Waals surface area contributed by atoms with Crippen molar-refractivity contribution in [1.82, 2.24) is 14.7 Å². The summed E-state index contributed by atoms with van der Waals surface area (Å²) in [5.41, 5.74) is 0.489. The van der Waals surface area contributed by atoms with Crippen LogP contribution in [0.25, 0.3) is 16.9 Å². The second-order valence-electron chi connectivity index (χ2n) is 8.33. The van der Waals surface area contributed by atoms with Gasteiger partial charge in [-0.05, 0) is 37.3 Å². The van der Waals surface area contributed by atoms with Crippen LogP contribution in [0, 0.1) is 0 Å². The molecule has 2 N–H and O–H groups in total. The summed E-state index contributed by atoms with van der Waals surface area (Å²) in [5, 5.41) is 10.2. The molecule has 0 bridgehead atoms. The molecular formula is C27H22Cl2F3N5O2. The number of alkyl halides is 3. The van der Waals surface area contributed by atoms with E-state index in [1.165, 1.54) is 16.8 Å². The average Bonchev–Trinajstić information content (AvgIpc) is 3.32. The maximum absolute atomic E-state index is 13.3. The first-order valence-corrected chi connectivity index (χ1v) is 12.5. The van der Waals surface area contributed by atoms with Crippen LogP contribution in [0.2, 0.25) is 10.0 Å². The van der Waals surface area contributed by atoms with E-state index < -0.39 is 35.9 Å². The minimum Gasteiger partial charge on any atom is -0.315 e. The third kappa shape index (κ3) is 6.71. The number of rotatable bonds is 7. The largest absolute Gasteiger partial charge is 0.418 e. The van der Waals surface area contributed by atoms with Crippen LogP contribution in [0.4, 0.5) is 29.5 Å². The van der Waals surface area contributed by atoms with Gasteiger partial charge in [-0.3, -0.25) is 4.79 Å². The maximum atomic E-state index is 13.3. The Kier molecular flexibility index (Phi) is 8.47. The molecule has 4 rings (SSSR count). The quantitative estimate of drug-likeness (QED) is 0.241. The van der Waals surface area contributed by atoms with Gasteiger partial charge in [-0.15, -0.1) is 0 Å². The Hall–Kier alpha value is -4.02. The first-order valence-electron chi connectivity index (χ1n) is 11.7. The maximum Gasteiger partial charge on any atom is 0.418 e. The van der Waals surface area contributed by atoms with Crippen molar-refractivity contribution in [3.8, 4) is 16.9 Å². The third-order valence-corrected chi connectivity index (χ3v) is 6.41. The highest BCUT2D eigenvalue weighted by molar-refractivity contribution is 6.42. The molecule has 0 aliphatic rings. The SMILES string of the molecule is CCN(CC(=O)Nc1cc(-c2ccccc2)nn1-c1ccc(Cl)c(Cl)c1)C(=O)Nc1ccccc1C(F)(F)F. The van der Waals surface area contributed by atoms with E-state index in [-0.39, 0.29) is 17.4 Å². The lowest BCUT2D eigenvalue weighted by atomic mass is 10.1. The van der Waals surface area contributed by atoms with Crippen molar-refractivity contribution >= 4 is 46.6 Å². The highest BCUT2D eigenvalue weighted by Crippen LogP contribution is 2.34. The van der Waals surface area contributed by atoms with Gasteiger partial charge in [0.15, 0.2) is 0 Å². The number of likely N-dealkylation sites (N-methyl/N-ethyl adjacent to an activating group) is 1. The standard InChI is InChI=1S/C27H22Cl2F3N5O2/c1-2-36(26(39)33-22-11-7-6-10-19(22)27(30,31)32)16-25(38)34-24-15-23(17-8-4-3-5-9-17)35-37(24)18-12-13-20(28)21(29)14-18/h3-15H,2,16H2,1H3,(H,33,39)(H,34,38). The van der Waals surface area contributed by atoms with Crippen LogP contribution in [0.5, 0.6) is 0 Å². The Morgan fingerprint density at radius 3 is 2.28 bits per heavy atom. The van der Waals surface area contributed by atoms with E-state index in [2.05, 4.69) is 15.7 Å². The number of aromatic nitrogens is 2. The van der Waals surface area contributed by atoms with Crippen LogP contribution in [0.1, 0.15) is 12.5 Å². The number of para-hydroxylation sites is 1. The topological polar surface area (TPSA) is 79.3 Å². The number of carbonyl (C=O) groups excluding carboxylic acids is 2. The van der Waals surface area contributed by atoms with Gasteiger partial charge in [-0.1, -0.05) is 65.7 Å². The van der Waals surface area contributed by atoms with Crippen molar-refractivity contribution in [2.75, 3.05) is 23.7 Å². The molecule has 0 fully saturated rings. The summed E-state index contributed by atoms with van der Waals surface area (Å²) in [6.45, 7) is 1.24. The van der Waals surface area contributed by atoms with Crippen LogP contribution in [0.15, 0.2) is 78.9 Å². The van der Waals surface area contributed by atoms with E-state index in [0.717, 1.165) is 22.6 Å². The molecule has 0 unspecified atom stereocenters. The fourth-order valence-corrected chi connectivity index (χ4v) is 4.04. The third-order valence-electron chi connectivity index (χ3n) is 5.67. The average molecular weight is 576 g/mol. The highest BCUT2D eigenvalue weighted by Gasteiger charge is 2.34. The van der Waals surface area contributed by atoms with Crippen molar-refractivity contribution < 1.29 is 22.8 Å². The van der Waals surface area contributed by atoms with Crippen molar-refractivity contribution in [3.63, 3.8) is 0 Å². The Balaban J connectivity index is 1.56. The van der Waals surface area contributed by atoms with Crippen molar-refractivity contribution in [2.24, 2.45) is 0 Å². The number of amides is 3. The van der Waals surface area contributed by atoms with Gasteiger partial charge < -0.3 is 15.5 Å². The fourth-order valence-electron chi connectivity index (χ4n) is 3.75. The van der Waals surface area contributed by atoms with Crippen LogP contribution >= 0.6 is 23.2 Å². The lowest BCUT2D eigenvalue weighted by Gasteiger charge is -2.22. The summed E-state index contributed by atoms with van der Waals surface area (Å²) >= 11 is 12.2. The summed E-state index contributed by atoms with van der Waals surface area (Å²) in [6, 6.07) is 19.6. The molecule has 0 radical (unpaired) electrons. The summed E-state index contributed by atoms with van der Waals surface area (Å²) < 4.78 is 41.5. The second-order valence-corrected chi connectivity index (χ2v) is 9.14. The van der Waals surface area contributed by atoms with E-state index in [9.17, 15) is 22.8 Å². The fraction of sp³-hybridized carbons (Fsp3) is 0.148. The monoisotopic (exact) mass is 575 g/mol. The molecule has 0 atom stereocenters. The summed E-state index contributed by atoms with van der Waals surface area (Å²) in [4.78, 5) is 26.9. The number of halogens is 5. The van der Waals surface area contributed by atoms with Gasteiger partial charge in [0.25, 0.3) is 0 Å². The minimum atomic E-state index is -4.66. The molecule has 1 aromatic heterocycles. The number of benzene rings is 3. The Labute approximate surface area is 232 Å². The van der Waals surface area contributed by atoms with Crippen LogP contribution in [0.3, 0.4) is 0 Å². The van der Waals surface area contributed by atoms with E-state index in [4.69, 9.17) is 23.2 Å². The minimum absolute atomic E-state index is 0.0642. The van der Waals surface area contributed by atoms with Gasteiger partial charge >= 0.3 is 12.2 Å². The molecule has 7 nitrogen and oxygen atoms in total. The molecule has 1 heterocycles. The van der Waals surface area contributed by atoms with Crippen molar-refractivity contribution in [3.05, 3.63) is 94.5 Å². The highest BCUT2D eigenvalue weighted by atomic mass is 35.5. The summed E-state index contributed by atoms with van der Waals surface area (Å²) in [6.07, 6.45) is -4.66. The Morgan fingerprint density at radius 2 is 1.62 bits per heavy atom. The number of hydrogen-bond donors (Lipinski definition) is 2. The number of urea groups is 1. The van der Waals surface area contributed by atoms with Crippen molar-refractivity contribution in [2.45, 2.75) is 13.1 Å². The number of nitrogens with one attached hydrogen (secondary N) is 2. The predicted molar refractivity (Wildman–Crippen MR) is 145 cm³/mol. The van der Waals surface area contributed by atoms with Crippen LogP contribution in [-0.4, -0.2) is 39.7 Å². The van der Waals surface area contributed by atoms with Crippen LogP contribution in [-0.2, 0) is 11.0 Å². The lowest BCUT2D eigenvalue weighted by molar-refractivity contribution is -0.137. The molecule has 39 heavy (non-hydrogen) atoms. The zero-order chi connectivity index (χ0) is 28.2. The second kappa shape index (κ2) is 11.8. The zero-order valence-corrected chi connectivity index (χ0v) is 22.0. The van der Waals surface area contributed by atoms with E-state index in [1.54, 1.807) is 31.2 Å². The van der Waals surface area contributed by atoms with Crippen LogP contribution < -0.4 is 10.6 Å². The van der Waals surface area contributed by atoms with E-state index >= 15 is 0 Å². The molecule has 0 aliphatic heterocycles. The van der Waals surface area contributed by atoms with E-state index in [1.807, 2.05) is 30.3 Å². The smallest absolute Gasteiger partial charge is 0.315 e. The number of nitrogens with zero attached hydrogens (tertiary/aromatic N) is 3. The lowest BCUT2D eigenvalue weighted by Crippen LogP contribution is -2.40. The number of carbonyl (C=O) groups is 2. The summed E-state index contributed by atoms with van der Waals surface area (Å²) in [7, 11) is 0. The van der Waals surface area contributed by atoms with Gasteiger partial charge in [0.05, 0.1) is 32.7 Å². The van der Waals surface area contributed by atoms with Crippen molar-refractivity contribution in [1.29, 1.82) is 0 Å². The zero-order valence-electron chi connectivity index (χ0n) is 20.5. The molecule has 3 aromatic carbocycles. The molecule has 0 saturated carbocycles. The molecular weight excluding hydrogens is 554 g/mol. The first kappa shape index (κ1) is 28.0. The molecule has 3 amide bonds. The molecule has 12 heteroatoms. The number of hydrogen-bond acceptors (Lipinski definition) is 3. The summed E-state index contributed by atoms with van der Waals surface area (Å²) in [5.74, 6) is -0.298. The molecule has 0 aliphatic carbocycles. The van der Waals surface area contributed by atoms with Gasteiger partial charge in [-0.25, -0.2) is 9.48 Å². The Morgan fingerprint density at radius 1 is 0.923 bits per heavy atom. The molecule has 0 saturated heterocycles. The normalized spacial score (nSPS) is 11.2. The predicted octanol–water partition coefficient (Wildman–Crippen LogP) is 7.36. The van der Waals surface area contributed by atoms with Gasteiger partial charge in [0.2, 0.25) is 5.91 Å². The number of anilines is 2. The van der Waals surface area contributed by atoms with E-state index in [0.29, 0.717) is 16.4 Å². The van der Waals surface area contributed by atoms with Gasteiger partial charge in [-0.2, -0.15) is 18.3 Å². The molecule has 202 valence electrons. The Bertz CT molecular complexity index is 1490. The molecule has 4 aromatic rings. The first-order chi connectivity index (χ1) is 18.6. The van der Waals surface area contributed by atoms with Gasteiger partial charge in [0, 0.05) is 18.2 Å². The van der Waals surface area contributed by atoms with Gasteiger partial charge in [0.1, 0.15) is 12.4 Å².